The van der Waals surface area contributed by atoms with Crippen LogP contribution in [0.4, 0.5) is 9.93 Å². The van der Waals surface area contributed by atoms with Crippen LogP contribution in [-0.4, -0.2) is 52.9 Å². The Balaban J connectivity index is 1.64. The average molecular weight is 360 g/mol. The lowest BCUT2D eigenvalue weighted by Gasteiger charge is -2.34. The van der Waals surface area contributed by atoms with E-state index in [1.54, 1.807) is 4.90 Å². The second-order valence-electron chi connectivity index (χ2n) is 6.21. The van der Waals surface area contributed by atoms with Crippen LogP contribution in [0.2, 0.25) is 0 Å². The van der Waals surface area contributed by atoms with Gasteiger partial charge in [0.05, 0.1) is 16.1 Å². The van der Waals surface area contributed by atoms with E-state index < -0.39 is 0 Å². The van der Waals surface area contributed by atoms with Gasteiger partial charge in [0.25, 0.3) is 0 Å². The molecule has 0 radical (unpaired) electrons. The molecule has 1 aromatic heterocycles. The maximum Gasteiger partial charge on any atom is 0.323 e. The van der Waals surface area contributed by atoms with E-state index >= 15 is 0 Å². The Morgan fingerprint density at radius 3 is 2.80 bits per heavy atom. The molecular weight excluding hydrogens is 336 g/mol. The number of hydrogen-bond acceptors (Lipinski definition) is 4. The number of carbonyl (C=O) groups is 2. The lowest BCUT2D eigenvalue weighted by Crippen LogP contribution is -2.47. The van der Waals surface area contributed by atoms with Gasteiger partial charge in [-0.2, -0.15) is 0 Å². The number of carbonyl (C=O) groups excluding carboxylic acids is 2. The number of urea groups is 1. The van der Waals surface area contributed by atoms with Gasteiger partial charge in [-0.1, -0.05) is 23.5 Å². The van der Waals surface area contributed by atoms with Gasteiger partial charge in [0.2, 0.25) is 5.91 Å². The van der Waals surface area contributed by atoms with Crippen molar-refractivity contribution in [3.8, 4) is 0 Å². The van der Waals surface area contributed by atoms with Crippen molar-refractivity contribution in [1.82, 2.24) is 14.8 Å². The highest BCUT2D eigenvalue weighted by Crippen LogP contribution is 2.26. The molecule has 1 atom stereocenters. The molecule has 1 N–H and O–H groups in total. The number of hydrogen-bond donors (Lipinski definition) is 1. The third-order valence-corrected chi connectivity index (χ3v) is 5.59. The minimum atomic E-state index is -0.170. The first kappa shape index (κ1) is 17.7. The standard InChI is InChI=1S/C18H24N4O2S/c1-3-21(4-2)16(23)13-8-7-11-22(12-13)18(24)20-17-19-14-9-5-6-10-15(14)25-17/h5-6,9-10,13H,3-4,7-8,11-12H2,1-2H3,(H,19,20,24)/t13-/m0/s1. The van der Waals surface area contributed by atoms with Crippen molar-refractivity contribution >= 4 is 38.6 Å². The first-order valence-corrected chi connectivity index (χ1v) is 9.64. The van der Waals surface area contributed by atoms with Gasteiger partial charge in [-0.3, -0.25) is 10.1 Å². The number of fused-ring (bicyclic) bond motifs is 1. The molecule has 0 bridgehead atoms. The Morgan fingerprint density at radius 2 is 2.08 bits per heavy atom. The summed E-state index contributed by atoms with van der Waals surface area (Å²) in [5.41, 5.74) is 0.885. The molecule has 0 spiro atoms. The van der Waals surface area contributed by atoms with E-state index in [0.29, 0.717) is 31.3 Å². The van der Waals surface area contributed by atoms with E-state index in [1.165, 1.54) is 11.3 Å². The van der Waals surface area contributed by atoms with Crippen LogP contribution in [-0.2, 0) is 4.79 Å². The molecule has 0 aliphatic carbocycles. The highest BCUT2D eigenvalue weighted by molar-refractivity contribution is 7.22. The number of amides is 3. The van der Waals surface area contributed by atoms with Crippen LogP contribution in [0.15, 0.2) is 24.3 Å². The Bertz CT molecular complexity index is 723. The number of anilines is 1. The number of rotatable bonds is 4. The molecule has 3 amide bonds. The second-order valence-corrected chi connectivity index (χ2v) is 7.24. The molecule has 1 fully saturated rings. The van der Waals surface area contributed by atoms with Crippen LogP contribution >= 0.6 is 11.3 Å². The van der Waals surface area contributed by atoms with Crippen molar-refractivity contribution in [3.63, 3.8) is 0 Å². The minimum Gasteiger partial charge on any atom is -0.343 e. The zero-order chi connectivity index (χ0) is 17.8. The zero-order valence-corrected chi connectivity index (χ0v) is 15.5. The molecule has 6 nitrogen and oxygen atoms in total. The Kier molecular flexibility index (Phi) is 5.53. The zero-order valence-electron chi connectivity index (χ0n) is 14.7. The van der Waals surface area contributed by atoms with Crippen LogP contribution in [0.1, 0.15) is 26.7 Å². The van der Waals surface area contributed by atoms with Gasteiger partial charge in [0, 0.05) is 26.2 Å². The Labute approximate surface area is 151 Å². The third-order valence-electron chi connectivity index (χ3n) is 4.64. The first-order chi connectivity index (χ1) is 12.1. The van der Waals surface area contributed by atoms with Crippen molar-refractivity contribution < 1.29 is 9.59 Å². The summed E-state index contributed by atoms with van der Waals surface area (Å²) in [5, 5.41) is 3.49. The lowest BCUT2D eigenvalue weighted by atomic mass is 9.96. The lowest BCUT2D eigenvalue weighted by molar-refractivity contribution is -0.136. The predicted octanol–water partition coefficient (Wildman–Crippen LogP) is 3.41. The van der Waals surface area contributed by atoms with Crippen molar-refractivity contribution in [2.75, 3.05) is 31.5 Å². The summed E-state index contributed by atoms with van der Waals surface area (Å²) in [6.45, 7) is 6.56. The van der Waals surface area contributed by atoms with Gasteiger partial charge in [-0.25, -0.2) is 9.78 Å². The second kappa shape index (κ2) is 7.82. The fourth-order valence-electron chi connectivity index (χ4n) is 3.25. The van der Waals surface area contributed by atoms with Crippen LogP contribution < -0.4 is 5.32 Å². The summed E-state index contributed by atoms with van der Waals surface area (Å²) in [6.07, 6.45) is 1.70. The molecule has 0 unspecified atom stereocenters. The number of likely N-dealkylation sites (tertiary alicyclic amines) is 1. The fraction of sp³-hybridized carbons (Fsp3) is 0.500. The topological polar surface area (TPSA) is 65.5 Å². The van der Waals surface area contributed by atoms with E-state index in [4.69, 9.17) is 0 Å². The number of nitrogens with zero attached hydrogens (tertiary/aromatic N) is 3. The monoisotopic (exact) mass is 360 g/mol. The van der Waals surface area contributed by atoms with Gasteiger partial charge in [-0.15, -0.1) is 0 Å². The van der Waals surface area contributed by atoms with E-state index in [0.717, 1.165) is 23.1 Å². The molecule has 1 aromatic carbocycles. The van der Waals surface area contributed by atoms with E-state index in [9.17, 15) is 9.59 Å². The van der Waals surface area contributed by atoms with Crippen LogP contribution in [0.5, 0.6) is 0 Å². The maximum atomic E-state index is 12.6. The van der Waals surface area contributed by atoms with E-state index in [-0.39, 0.29) is 17.9 Å². The predicted molar refractivity (Wildman–Crippen MR) is 101 cm³/mol. The van der Waals surface area contributed by atoms with Gasteiger partial charge in [0.15, 0.2) is 5.13 Å². The SMILES string of the molecule is CCN(CC)C(=O)[C@H]1CCCN(C(=O)Nc2nc3ccccc3s2)C1. The van der Waals surface area contributed by atoms with Crippen molar-refractivity contribution in [2.24, 2.45) is 5.92 Å². The van der Waals surface area contributed by atoms with Gasteiger partial charge >= 0.3 is 6.03 Å². The van der Waals surface area contributed by atoms with Crippen LogP contribution in [0.3, 0.4) is 0 Å². The number of benzene rings is 1. The van der Waals surface area contributed by atoms with Gasteiger partial charge in [0.1, 0.15) is 0 Å². The molecule has 2 heterocycles. The molecule has 1 saturated heterocycles. The molecule has 1 aliphatic rings. The number of para-hydroxylation sites is 1. The summed E-state index contributed by atoms with van der Waals surface area (Å²) in [5.74, 6) is 0.0530. The summed E-state index contributed by atoms with van der Waals surface area (Å²) in [6, 6.07) is 7.64. The molecular formula is C18H24N4O2S. The fourth-order valence-corrected chi connectivity index (χ4v) is 4.11. The van der Waals surface area contributed by atoms with Gasteiger partial charge < -0.3 is 9.80 Å². The largest absolute Gasteiger partial charge is 0.343 e. The van der Waals surface area contributed by atoms with Crippen molar-refractivity contribution in [2.45, 2.75) is 26.7 Å². The minimum absolute atomic E-state index is 0.102. The number of nitrogens with one attached hydrogen (secondary N) is 1. The van der Waals surface area contributed by atoms with Gasteiger partial charge in [-0.05, 0) is 38.8 Å². The highest BCUT2D eigenvalue weighted by Gasteiger charge is 2.30. The molecule has 2 aromatic rings. The Hall–Kier alpha value is -2.15. The smallest absolute Gasteiger partial charge is 0.323 e. The summed E-state index contributed by atoms with van der Waals surface area (Å²) in [4.78, 5) is 33.2. The van der Waals surface area contributed by atoms with Crippen molar-refractivity contribution in [1.29, 1.82) is 0 Å². The summed E-state index contributed by atoms with van der Waals surface area (Å²) < 4.78 is 1.05. The molecule has 3 rings (SSSR count). The molecule has 0 saturated carbocycles. The first-order valence-electron chi connectivity index (χ1n) is 8.82. The highest BCUT2D eigenvalue weighted by atomic mass is 32.1. The van der Waals surface area contributed by atoms with Crippen molar-refractivity contribution in [3.05, 3.63) is 24.3 Å². The average Bonchev–Trinajstić information content (AvgIpc) is 3.05. The molecule has 25 heavy (non-hydrogen) atoms. The Morgan fingerprint density at radius 1 is 1.32 bits per heavy atom. The van der Waals surface area contributed by atoms with E-state index in [2.05, 4.69) is 10.3 Å². The maximum absolute atomic E-state index is 12.6. The molecule has 1 aliphatic heterocycles. The quantitative estimate of drug-likeness (QED) is 0.909. The summed E-state index contributed by atoms with van der Waals surface area (Å²) >= 11 is 1.46. The molecule has 134 valence electrons. The summed E-state index contributed by atoms with van der Waals surface area (Å²) in [7, 11) is 0. The van der Waals surface area contributed by atoms with Crippen LogP contribution in [0.25, 0.3) is 10.2 Å². The number of thiazole rings is 1. The van der Waals surface area contributed by atoms with E-state index in [1.807, 2.05) is 43.0 Å². The third kappa shape index (κ3) is 3.92. The normalized spacial score (nSPS) is 17.5. The van der Waals surface area contributed by atoms with Crippen LogP contribution in [0, 0.1) is 5.92 Å². The number of aromatic nitrogens is 1. The number of piperidine rings is 1. The molecule has 7 heteroatoms.